The highest BCUT2D eigenvalue weighted by Crippen LogP contribution is 2.27. The number of carbonyl (C=O) groups is 2. The van der Waals surface area contributed by atoms with Gasteiger partial charge >= 0.3 is 6.09 Å². The summed E-state index contributed by atoms with van der Waals surface area (Å²) in [7, 11) is 0. The van der Waals surface area contributed by atoms with Crippen molar-refractivity contribution in [1.29, 1.82) is 0 Å². The van der Waals surface area contributed by atoms with Crippen LogP contribution in [0, 0.1) is 11.7 Å². The number of nitrogens with zero attached hydrogens (tertiary/aromatic N) is 2. The minimum absolute atomic E-state index is 0.0634. The van der Waals surface area contributed by atoms with Gasteiger partial charge in [-0.15, -0.1) is 0 Å². The van der Waals surface area contributed by atoms with Gasteiger partial charge in [-0.1, -0.05) is 18.2 Å². The molecule has 2 amide bonds. The fraction of sp³-hybridized carbons (Fsp3) is 0.619. The average Bonchev–Trinajstić information content (AvgIpc) is 2.67. The van der Waals surface area contributed by atoms with E-state index in [1.807, 2.05) is 20.8 Å². The topological polar surface area (TPSA) is 59.1 Å². The van der Waals surface area contributed by atoms with E-state index in [2.05, 4.69) is 0 Å². The van der Waals surface area contributed by atoms with Crippen LogP contribution in [0.1, 0.15) is 45.3 Å². The van der Waals surface area contributed by atoms with E-state index in [-0.39, 0.29) is 23.7 Å². The van der Waals surface area contributed by atoms with E-state index in [4.69, 9.17) is 9.47 Å². The highest BCUT2D eigenvalue weighted by molar-refractivity contribution is 5.79. The Morgan fingerprint density at radius 2 is 1.79 bits per heavy atom. The van der Waals surface area contributed by atoms with Crippen LogP contribution < -0.4 is 0 Å². The molecule has 0 saturated carbocycles. The molecule has 28 heavy (non-hydrogen) atoms. The first kappa shape index (κ1) is 20.6. The summed E-state index contributed by atoms with van der Waals surface area (Å²) < 4.78 is 25.2. The van der Waals surface area contributed by atoms with Gasteiger partial charge in [-0.05, 0) is 39.7 Å². The summed E-state index contributed by atoms with van der Waals surface area (Å²) in [5.41, 5.74) is -0.0426. The number of amides is 2. The van der Waals surface area contributed by atoms with Gasteiger partial charge in [-0.25, -0.2) is 9.18 Å². The molecule has 1 aromatic carbocycles. The summed E-state index contributed by atoms with van der Waals surface area (Å²) in [6, 6.07) is 6.52. The minimum Gasteiger partial charge on any atom is -0.444 e. The Labute approximate surface area is 165 Å². The number of rotatable bonds is 2. The number of benzene rings is 1. The summed E-state index contributed by atoms with van der Waals surface area (Å²) in [5.74, 6) is -0.376. The molecule has 2 aliphatic rings. The van der Waals surface area contributed by atoms with E-state index in [0.717, 1.165) is 0 Å². The molecule has 1 unspecified atom stereocenters. The fourth-order valence-electron chi connectivity index (χ4n) is 3.67. The van der Waals surface area contributed by atoms with Crippen molar-refractivity contribution in [2.75, 3.05) is 32.8 Å². The molecule has 2 fully saturated rings. The number of likely N-dealkylation sites (tertiary alicyclic amines) is 1. The molecule has 6 nitrogen and oxygen atoms in total. The van der Waals surface area contributed by atoms with Crippen molar-refractivity contribution in [3.63, 3.8) is 0 Å². The maximum atomic E-state index is 14.1. The van der Waals surface area contributed by atoms with Crippen LogP contribution in [0.4, 0.5) is 9.18 Å². The molecule has 0 N–H and O–H groups in total. The quantitative estimate of drug-likeness (QED) is 0.774. The second-order valence-electron chi connectivity index (χ2n) is 8.41. The molecular formula is C21H29FN2O4. The second-order valence-corrected chi connectivity index (χ2v) is 8.41. The molecule has 2 saturated heterocycles. The number of hydrogen-bond acceptors (Lipinski definition) is 4. The minimum atomic E-state index is -0.528. The van der Waals surface area contributed by atoms with Gasteiger partial charge in [0.05, 0.1) is 13.2 Å². The van der Waals surface area contributed by atoms with Gasteiger partial charge < -0.3 is 19.3 Å². The number of piperidine rings is 1. The van der Waals surface area contributed by atoms with Crippen molar-refractivity contribution in [2.45, 2.75) is 45.3 Å². The maximum absolute atomic E-state index is 14.1. The second kappa shape index (κ2) is 8.47. The molecule has 2 aliphatic heterocycles. The Hall–Kier alpha value is -2.15. The molecule has 1 atom stereocenters. The van der Waals surface area contributed by atoms with Crippen molar-refractivity contribution in [2.24, 2.45) is 5.92 Å². The molecule has 0 radical (unpaired) electrons. The maximum Gasteiger partial charge on any atom is 0.410 e. The van der Waals surface area contributed by atoms with Crippen molar-refractivity contribution in [1.82, 2.24) is 9.80 Å². The summed E-state index contributed by atoms with van der Waals surface area (Å²) in [6.07, 6.45) is 0.449. The summed E-state index contributed by atoms with van der Waals surface area (Å²) in [6.45, 7) is 7.78. The molecule has 2 heterocycles. The van der Waals surface area contributed by atoms with Crippen LogP contribution in [-0.4, -0.2) is 60.2 Å². The van der Waals surface area contributed by atoms with Gasteiger partial charge in [0.1, 0.15) is 17.5 Å². The highest BCUT2D eigenvalue weighted by atomic mass is 19.1. The van der Waals surface area contributed by atoms with Gasteiger partial charge in [0.15, 0.2) is 0 Å². The Morgan fingerprint density at radius 3 is 2.43 bits per heavy atom. The van der Waals surface area contributed by atoms with E-state index in [0.29, 0.717) is 51.2 Å². The lowest BCUT2D eigenvalue weighted by Crippen LogP contribution is -2.49. The third kappa shape index (κ3) is 5.01. The molecule has 7 heteroatoms. The smallest absolute Gasteiger partial charge is 0.410 e. The zero-order chi connectivity index (χ0) is 20.3. The first-order valence-electron chi connectivity index (χ1n) is 9.87. The summed E-state index contributed by atoms with van der Waals surface area (Å²) in [4.78, 5) is 28.6. The molecule has 154 valence electrons. The van der Waals surface area contributed by atoms with E-state index < -0.39 is 11.7 Å². The van der Waals surface area contributed by atoms with Gasteiger partial charge in [-0.2, -0.15) is 0 Å². The fourth-order valence-corrected chi connectivity index (χ4v) is 3.67. The van der Waals surface area contributed by atoms with Gasteiger partial charge in [-0.3, -0.25) is 4.79 Å². The Balaban J connectivity index is 1.55. The third-order valence-corrected chi connectivity index (χ3v) is 5.13. The number of ether oxygens (including phenoxy) is 2. The van der Waals surface area contributed by atoms with Gasteiger partial charge in [0.25, 0.3) is 0 Å². The molecule has 0 aromatic heterocycles. The van der Waals surface area contributed by atoms with Crippen molar-refractivity contribution in [3.05, 3.63) is 35.6 Å². The van der Waals surface area contributed by atoms with Crippen molar-refractivity contribution < 1.29 is 23.5 Å². The number of halogens is 1. The van der Waals surface area contributed by atoms with E-state index in [1.54, 1.807) is 28.0 Å². The van der Waals surface area contributed by atoms with Crippen LogP contribution in [0.25, 0.3) is 0 Å². The van der Waals surface area contributed by atoms with Gasteiger partial charge in [0.2, 0.25) is 5.91 Å². The monoisotopic (exact) mass is 392 g/mol. The van der Waals surface area contributed by atoms with Crippen LogP contribution in [-0.2, 0) is 14.3 Å². The van der Waals surface area contributed by atoms with Crippen LogP contribution in [0.2, 0.25) is 0 Å². The molecule has 1 aromatic rings. The first-order chi connectivity index (χ1) is 13.2. The number of carbonyl (C=O) groups excluding carboxylic acids is 2. The van der Waals surface area contributed by atoms with E-state index in [1.165, 1.54) is 6.07 Å². The Bertz CT molecular complexity index is 711. The lowest BCUT2D eigenvalue weighted by atomic mass is 9.95. The largest absolute Gasteiger partial charge is 0.444 e. The summed E-state index contributed by atoms with van der Waals surface area (Å²) in [5, 5.41) is 0. The zero-order valence-corrected chi connectivity index (χ0v) is 16.8. The van der Waals surface area contributed by atoms with Gasteiger partial charge in [0, 0.05) is 31.1 Å². The normalized spacial score (nSPS) is 21.5. The van der Waals surface area contributed by atoms with Crippen molar-refractivity contribution >= 4 is 12.0 Å². The molecule has 0 aliphatic carbocycles. The standard InChI is InChI=1S/C21H29FN2O4/c1-21(2,3)28-20(26)23-10-8-15(9-11-23)19(25)24-12-13-27-18(14-24)16-6-4-5-7-17(16)22/h4-7,15,18H,8-14H2,1-3H3. The van der Waals surface area contributed by atoms with Crippen LogP contribution >= 0.6 is 0 Å². The highest BCUT2D eigenvalue weighted by Gasteiger charge is 2.34. The SMILES string of the molecule is CC(C)(C)OC(=O)N1CCC(C(=O)N2CCOC(c3ccccc3F)C2)CC1. The average molecular weight is 392 g/mol. The Kier molecular flexibility index (Phi) is 6.23. The number of hydrogen-bond donors (Lipinski definition) is 0. The molecule has 0 spiro atoms. The number of morpholine rings is 1. The molecule has 3 rings (SSSR count). The van der Waals surface area contributed by atoms with E-state index in [9.17, 15) is 14.0 Å². The molecule has 0 bridgehead atoms. The third-order valence-electron chi connectivity index (χ3n) is 5.13. The van der Waals surface area contributed by atoms with Crippen molar-refractivity contribution in [3.8, 4) is 0 Å². The summed E-state index contributed by atoms with van der Waals surface area (Å²) >= 11 is 0. The van der Waals surface area contributed by atoms with Crippen LogP contribution in [0.5, 0.6) is 0 Å². The van der Waals surface area contributed by atoms with E-state index >= 15 is 0 Å². The first-order valence-corrected chi connectivity index (χ1v) is 9.87. The zero-order valence-electron chi connectivity index (χ0n) is 16.8. The van der Waals surface area contributed by atoms with Crippen LogP contribution in [0.15, 0.2) is 24.3 Å². The lowest BCUT2D eigenvalue weighted by molar-refractivity contribution is -0.145. The Morgan fingerprint density at radius 1 is 1.11 bits per heavy atom. The predicted molar refractivity (Wildman–Crippen MR) is 102 cm³/mol. The lowest BCUT2D eigenvalue weighted by Gasteiger charge is -2.38. The predicted octanol–water partition coefficient (Wildman–Crippen LogP) is 3.37. The molecular weight excluding hydrogens is 363 g/mol. The van der Waals surface area contributed by atoms with Crippen LogP contribution in [0.3, 0.4) is 0 Å².